The lowest BCUT2D eigenvalue weighted by molar-refractivity contribution is -0.114. The van der Waals surface area contributed by atoms with Gasteiger partial charge in [-0.1, -0.05) is 0 Å². The highest BCUT2D eigenvalue weighted by molar-refractivity contribution is 7.79. The Hall–Kier alpha value is -1.73. The number of amides is 1. The van der Waals surface area contributed by atoms with Gasteiger partial charge in [0.15, 0.2) is 0 Å². The highest BCUT2D eigenvalue weighted by Gasteiger charge is 2.04. The molecular formula is C9H8N3O3S-. The molecule has 1 unspecified atom stereocenters. The molecule has 2 rings (SSSR count). The third kappa shape index (κ3) is 1.95. The van der Waals surface area contributed by atoms with Crippen LogP contribution in [0, 0.1) is 0 Å². The van der Waals surface area contributed by atoms with Crippen LogP contribution in [-0.4, -0.2) is 24.1 Å². The molecule has 2 heterocycles. The summed E-state index contributed by atoms with van der Waals surface area (Å²) in [5, 5.41) is 2.62. The second-order valence-corrected chi connectivity index (χ2v) is 4.05. The van der Waals surface area contributed by atoms with E-state index >= 15 is 0 Å². The monoisotopic (exact) mass is 238 g/mol. The number of nitrogens with one attached hydrogen (secondary N) is 1. The molecule has 1 atom stereocenters. The fraction of sp³-hybridized carbons (Fsp3) is 0.111. The zero-order valence-electron chi connectivity index (χ0n) is 8.34. The van der Waals surface area contributed by atoms with Crippen LogP contribution in [0.15, 0.2) is 29.6 Å². The highest BCUT2D eigenvalue weighted by atomic mass is 32.2. The summed E-state index contributed by atoms with van der Waals surface area (Å²) in [6, 6.07) is 3.28. The van der Waals surface area contributed by atoms with E-state index in [1.165, 1.54) is 23.7 Å². The zero-order chi connectivity index (χ0) is 11.7. The van der Waals surface area contributed by atoms with Gasteiger partial charge in [-0.05, 0) is 23.2 Å². The summed E-state index contributed by atoms with van der Waals surface area (Å²) < 4.78 is 23.1. The number of nitrogens with zero attached hydrogens (tertiary/aromatic N) is 2. The van der Waals surface area contributed by atoms with Gasteiger partial charge in [-0.3, -0.25) is 13.4 Å². The second kappa shape index (κ2) is 4.03. The maximum Gasteiger partial charge on any atom is 0.221 e. The number of hydrogen-bond donors (Lipinski definition) is 1. The first-order chi connectivity index (χ1) is 7.58. The van der Waals surface area contributed by atoms with Crippen LogP contribution in [0.1, 0.15) is 6.92 Å². The van der Waals surface area contributed by atoms with E-state index in [0.29, 0.717) is 11.3 Å². The maximum atomic E-state index is 10.9. The first-order valence-corrected chi connectivity index (χ1v) is 5.49. The van der Waals surface area contributed by atoms with Crippen molar-refractivity contribution >= 4 is 28.3 Å². The average Bonchev–Trinajstić information content (AvgIpc) is 2.59. The Morgan fingerprint density at radius 2 is 2.31 bits per heavy atom. The zero-order valence-corrected chi connectivity index (χ0v) is 9.15. The lowest BCUT2D eigenvalue weighted by atomic mass is 10.4. The molecular weight excluding hydrogens is 230 g/mol. The molecule has 0 saturated carbocycles. The van der Waals surface area contributed by atoms with Gasteiger partial charge in [-0.25, -0.2) is 4.98 Å². The number of imidazole rings is 1. The van der Waals surface area contributed by atoms with E-state index < -0.39 is 11.1 Å². The van der Waals surface area contributed by atoms with Gasteiger partial charge in [0.25, 0.3) is 0 Å². The van der Waals surface area contributed by atoms with Crippen molar-refractivity contribution in [2.24, 2.45) is 0 Å². The molecule has 0 aliphatic heterocycles. The minimum atomic E-state index is -2.36. The molecule has 0 radical (unpaired) electrons. The quantitative estimate of drug-likeness (QED) is 0.773. The summed E-state index contributed by atoms with van der Waals surface area (Å²) in [5.74, 6) is -0.218. The van der Waals surface area contributed by atoms with Crippen LogP contribution in [0.5, 0.6) is 0 Å². The smallest absolute Gasteiger partial charge is 0.221 e. The number of pyridine rings is 1. The Bertz CT molecular complexity index is 578. The Morgan fingerprint density at radius 3 is 2.94 bits per heavy atom. The van der Waals surface area contributed by atoms with Gasteiger partial charge in [0.05, 0.1) is 11.9 Å². The SMILES string of the molecule is CC(=O)Nc1ccc2ncc(S(=O)[O-])n2c1. The first kappa shape index (κ1) is 10.8. The topological polar surface area (TPSA) is 86.5 Å². The molecule has 0 aliphatic carbocycles. The summed E-state index contributed by atoms with van der Waals surface area (Å²) in [6.45, 7) is 1.38. The third-order valence-corrected chi connectivity index (χ3v) is 2.61. The van der Waals surface area contributed by atoms with Crippen LogP contribution in [0.3, 0.4) is 0 Å². The van der Waals surface area contributed by atoms with Crippen LogP contribution >= 0.6 is 0 Å². The largest absolute Gasteiger partial charge is 0.767 e. The molecule has 0 saturated heterocycles. The molecule has 0 bridgehead atoms. The predicted molar refractivity (Wildman–Crippen MR) is 56.7 cm³/mol. The van der Waals surface area contributed by atoms with E-state index in [1.54, 1.807) is 12.1 Å². The highest BCUT2D eigenvalue weighted by Crippen LogP contribution is 2.14. The van der Waals surface area contributed by atoms with Gasteiger partial charge in [-0.15, -0.1) is 0 Å². The lowest BCUT2D eigenvalue weighted by Gasteiger charge is -2.06. The van der Waals surface area contributed by atoms with Crippen molar-refractivity contribution in [2.75, 3.05) is 5.32 Å². The van der Waals surface area contributed by atoms with Crippen LogP contribution < -0.4 is 5.32 Å². The van der Waals surface area contributed by atoms with Gasteiger partial charge < -0.3 is 9.87 Å². The molecule has 1 N–H and O–H groups in total. The molecule has 84 valence electrons. The van der Waals surface area contributed by atoms with Crippen molar-refractivity contribution in [3.05, 3.63) is 24.5 Å². The Labute approximate surface area is 93.6 Å². The summed E-state index contributed by atoms with van der Waals surface area (Å²) in [5.41, 5.74) is 1.03. The van der Waals surface area contributed by atoms with Crippen LogP contribution in [0.2, 0.25) is 0 Å². The van der Waals surface area contributed by atoms with Gasteiger partial charge >= 0.3 is 0 Å². The molecule has 0 spiro atoms. The van der Waals surface area contributed by atoms with E-state index in [4.69, 9.17) is 0 Å². The van der Waals surface area contributed by atoms with Gasteiger partial charge in [0, 0.05) is 13.1 Å². The Balaban J connectivity index is 2.54. The van der Waals surface area contributed by atoms with Crippen LogP contribution in [0.4, 0.5) is 5.69 Å². The summed E-state index contributed by atoms with van der Waals surface area (Å²) in [6.07, 6.45) is 2.77. The van der Waals surface area contributed by atoms with Crippen LogP contribution in [-0.2, 0) is 15.9 Å². The Kier molecular flexibility index (Phi) is 2.71. The number of carbonyl (C=O) groups is 1. The molecule has 0 aromatic carbocycles. The predicted octanol–water partition coefficient (Wildman–Crippen LogP) is 0.531. The normalized spacial score (nSPS) is 12.6. The van der Waals surface area contributed by atoms with Crippen molar-refractivity contribution in [2.45, 2.75) is 11.9 Å². The molecule has 1 amide bonds. The lowest BCUT2D eigenvalue weighted by Crippen LogP contribution is -2.07. The molecule has 2 aromatic rings. The van der Waals surface area contributed by atoms with Gasteiger partial charge in [0.1, 0.15) is 10.7 Å². The number of rotatable bonds is 2. The Morgan fingerprint density at radius 1 is 1.56 bits per heavy atom. The fourth-order valence-corrected chi connectivity index (χ4v) is 1.80. The van der Waals surface area contributed by atoms with Crippen LogP contribution in [0.25, 0.3) is 5.65 Å². The van der Waals surface area contributed by atoms with Crippen molar-refractivity contribution < 1.29 is 13.6 Å². The fourth-order valence-electron chi connectivity index (χ4n) is 1.36. The summed E-state index contributed by atoms with van der Waals surface area (Å²) in [7, 11) is 0. The van der Waals surface area contributed by atoms with Gasteiger partial charge in [0.2, 0.25) is 5.91 Å². The van der Waals surface area contributed by atoms with E-state index in [9.17, 15) is 13.6 Å². The molecule has 6 nitrogen and oxygen atoms in total. The number of anilines is 1. The van der Waals surface area contributed by atoms with Crippen molar-refractivity contribution in [1.29, 1.82) is 0 Å². The van der Waals surface area contributed by atoms with Gasteiger partial charge in [-0.2, -0.15) is 0 Å². The summed E-state index contributed by atoms with van der Waals surface area (Å²) in [4.78, 5) is 14.8. The third-order valence-electron chi connectivity index (χ3n) is 1.96. The van der Waals surface area contributed by atoms with E-state index in [1.807, 2.05) is 0 Å². The van der Waals surface area contributed by atoms with E-state index in [2.05, 4.69) is 10.3 Å². The molecule has 0 fully saturated rings. The average molecular weight is 238 g/mol. The van der Waals surface area contributed by atoms with E-state index in [-0.39, 0.29) is 10.9 Å². The standard InChI is InChI=1S/C9H9N3O3S/c1-6(13)11-7-2-3-8-10-4-9(16(14)15)12(8)5-7/h2-5H,1H3,(H,11,13)(H,14,15)/p-1. The second-order valence-electron chi connectivity index (χ2n) is 3.16. The molecule has 2 aromatic heterocycles. The molecule has 7 heteroatoms. The summed E-state index contributed by atoms with van der Waals surface area (Å²) >= 11 is -2.36. The maximum absolute atomic E-state index is 10.9. The number of carbonyl (C=O) groups excluding carboxylic acids is 1. The number of aromatic nitrogens is 2. The molecule has 16 heavy (non-hydrogen) atoms. The number of hydrogen-bond acceptors (Lipinski definition) is 4. The van der Waals surface area contributed by atoms with E-state index in [0.717, 1.165) is 0 Å². The van der Waals surface area contributed by atoms with Crippen molar-refractivity contribution in [3.63, 3.8) is 0 Å². The number of fused-ring (bicyclic) bond motifs is 1. The first-order valence-electron chi connectivity index (χ1n) is 4.42. The molecule has 0 aliphatic rings. The minimum absolute atomic E-state index is 0.0576. The minimum Gasteiger partial charge on any atom is -0.767 e. The van der Waals surface area contributed by atoms with Crippen molar-refractivity contribution in [1.82, 2.24) is 9.38 Å². The van der Waals surface area contributed by atoms with Crippen molar-refractivity contribution in [3.8, 4) is 0 Å².